The zero-order valence-corrected chi connectivity index (χ0v) is 15.2. The first-order chi connectivity index (χ1) is 12.6. The summed E-state index contributed by atoms with van der Waals surface area (Å²) in [4.78, 5) is 15.6. The second kappa shape index (κ2) is 8.87. The molecule has 26 heavy (non-hydrogen) atoms. The molecule has 0 atom stereocenters. The van der Waals surface area contributed by atoms with E-state index in [1.807, 2.05) is 12.1 Å². The van der Waals surface area contributed by atoms with E-state index in [2.05, 4.69) is 15.5 Å². The molecule has 0 unspecified atom stereocenters. The third kappa shape index (κ3) is 5.34. The van der Waals surface area contributed by atoms with E-state index >= 15 is 0 Å². The number of nitrogens with one attached hydrogen (secondary N) is 3. The summed E-state index contributed by atoms with van der Waals surface area (Å²) in [7, 11) is 0. The Morgan fingerprint density at radius 1 is 1.15 bits per heavy atom. The number of anilines is 2. The van der Waals surface area contributed by atoms with Crippen molar-refractivity contribution in [3.05, 3.63) is 59.4 Å². The number of piperazine rings is 1. The molecular weight excluding hydrogens is 355 g/mol. The van der Waals surface area contributed by atoms with E-state index in [-0.39, 0.29) is 11.8 Å². The van der Waals surface area contributed by atoms with Crippen LogP contribution in [0.3, 0.4) is 0 Å². The Balaban J connectivity index is 1.36. The van der Waals surface area contributed by atoms with Crippen LogP contribution in [0.5, 0.6) is 0 Å². The van der Waals surface area contributed by atoms with Crippen molar-refractivity contribution in [3.8, 4) is 0 Å². The van der Waals surface area contributed by atoms with Gasteiger partial charge < -0.3 is 20.4 Å². The summed E-state index contributed by atoms with van der Waals surface area (Å²) in [6.45, 7) is 5.33. The van der Waals surface area contributed by atoms with Crippen LogP contribution in [0.2, 0.25) is 5.02 Å². The molecule has 5 nitrogen and oxygen atoms in total. The molecule has 3 rings (SSSR count). The summed E-state index contributed by atoms with van der Waals surface area (Å²) in [6, 6.07) is 13.5. The van der Waals surface area contributed by atoms with Gasteiger partial charge in [0.2, 0.25) is 0 Å². The van der Waals surface area contributed by atoms with Crippen LogP contribution < -0.4 is 20.4 Å². The lowest BCUT2D eigenvalue weighted by Crippen LogP contribution is -3.15. The second-order valence-electron chi connectivity index (χ2n) is 6.35. The van der Waals surface area contributed by atoms with Gasteiger partial charge in [-0.05, 0) is 42.5 Å². The van der Waals surface area contributed by atoms with Gasteiger partial charge in [-0.3, -0.25) is 0 Å². The van der Waals surface area contributed by atoms with Crippen molar-refractivity contribution in [1.29, 1.82) is 0 Å². The third-order valence-electron chi connectivity index (χ3n) is 4.51. The van der Waals surface area contributed by atoms with Crippen LogP contribution in [0.4, 0.5) is 20.6 Å². The monoisotopic (exact) mass is 377 g/mol. The van der Waals surface area contributed by atoms with Gasteiger partial charge in [0.15, 0.2) is 0 Å². The summed E-state index contributed by atoms with van der Waals surface area (Å²) < 4.78 is 13.0. The van der Waals surface area contributed by atoms with Gasteiger partial charge in [0.05, 0.1) is 39.3 Å². The number of benzene rings is 2. The zero-order chi connectivity index (χ0) is 18.4. The molecule has 0 bridgehead atoms. The Kier molecular flexibility index (Phi) is 6.30. The van der Waals surface area contributed by atoms with E-state index in [0.717, 1.165) is 38.4 Å². The largest absolute Gasteiger partial charge is 0.360 e. The van der Waals surface area contributed by atoms with Crippen LogP contribution in [0.1, 0.15) is 0 Å². The summed E-state index contributed by atoms with van der Waals surface area (Å²) in [5, 5.41) is 6.24. The predicted molar refractivity (Wildman–Crippen MR) is 103 cm³/mol. The van der Waals surface area contributed by atoms with E-state index in [4.69, 9.17) is 11.6 Å². The average Bonchev–Trinajstić information content (AvgIpc) is 2.63. The Labute approximate surface area is 157 Å². The highest BCUT2D eigenvalue weighted by atomic mass is 35.5. The summed E-state index contributed by atoms with van der Waals surface area (Å²) >= 11 is 5.90. The lowest BCUT2D eigenvalue weighted by molar-refractivity contribution is -0.899. The molecule has 1 saturated heterocycles. The molecular formula is C19H23ClFN4O+. The smallest absolute Gasteiger partial charge is 0.319 e. The van der Waals surface area contributed by atoms with Crippen LogP contribution in [-0.2, 0) is 0 Å². The Morgan fingerprint density at radius 3 is 2.58 bits per heavy atom. The lowest BCUT2D eigenvalue weighted by Gasteiger charge is -2.33. The fourth-order valence-corrected chi connectivity index (χ4v) is 3.27. The average molecular weight is 378 g/mol. The van der Waals surface area contributed by atoms with Gasteiger partial charge in [-0.1, -0.05) is 17.7 Å². The van der Waals surface area contributed by atoms with Crippen LogP contribution in [-0.4, -0.2) is 45.3 Å². The minimum Gasteiger partial charge on any atom is -0.360 e. The highest BCUT2D eigenvalue weighted by Gasteiger charge is 2.20. The molecule has 0 aromatic heterocycles. The van der Waals surface area contributed by atoms with Crippen molar-refractivity contribution in [2.75, 3.05) is 49.5 Å². The number of quaternary nitrogens is 1. The van der Waals surface area contributed by atoms with E-state index in [0.29, 0.717) is 17.3 Å². The molecule has 1 aliphatic heterocycles. The van der Waals surface area contributed by atoms with E-state index in [9.17, 15) is 9.18 Å². The van der Waals surface area contributed by atoms with Crippen molar-refractivity contribution >= 4 is 29.0 Å². The number of urea groups is 1. The standard InChI is InChI=1S/C19H22ClFN4O/c20-15-2-1-3-17(14-15)23-19(26)22-8-9-24-10-12-25(13-11-24)18-6-4-16(21)5-7-18/h1-7,14H,8-13H2,(H2,22,23,26)/p+1. The first-order valence-corrected chi connectivity index (χ1v) is 9.12. The van der Waals surface area contributed by atoms with Gasteiger partial charge in [-0.2, -0.15) is 0 Å². The van der Waals surface area contributed by atoms with Gasteiger partial charge in [0.1, 0.15) is 5.82 Å². The first-order valence-electron chi connectivity index (χ1n) is 8.75. The number of carbonyl (C=O) groups excluding carboxylic acids is 1. The topological polar surface area (TPSA) is 48.8 Å². The van der Waals surface area contributed by atoms with Crippen LogP contribution in [0, 0.1) is 5.82 Å². The lowest BCUT2D eigenvalue weighted by atomic mass is 10.2. The minimum absolute atomic E-state index is 0.208. The summed E-state index contributed by atoms with van der Waals surface area (Å²) in [6.07, 6.45) is 0. The van der Waals surface area contributed by atoms with Gasteiger partial charge in [-0.15, -0.1) is 0 Å². The highest BCUT2D eigenvalue weighted by molar-refractivity contribution is 6.30. The number of halogens is 2. The number of amides is 2. The molecule has 2 aromatic carbocycles. The maximum Gasteiger partial charge on any atom is 0.319 e. The molecule has 2 amide bonds. The second-order valence-corrected chi connectivity index (χ2v) is 6.79. The Morgan fingerprint density at radius 2 is 1.88 bits per heavy atom. The normalized spacial score (nSPS) is 14.9. The Hall–Kier alpha value is -2.31. The van der Waals surface area contributed by atoms with Crippen molar-refractivity contribution in [2.24, 2.45) is 0 Å². The molecule has 1 aliphatic rings. The molecule has 0 spiro atoms. The summed E-state index contributed by atoms with van der Waals surface area (Å²) in [5.74, 6) is -0.208. The van der Waals surface area contributed by atoms with Gasteiger partial charge in [0, 0.05) is 16.4 Å². The Bertz CT molecular complexity index is 733. The maximum absolute atomic E-state index is 13.0. The van der Waals surface area contributed by atoms with E-state index < -0.39 is 0 Å². The van der Waals surface area contributed by atoms with Gasteiger partial charge in [-0.25, -0.2) is 9.18 Å². The zero-order valence-electron chi connectivity index (χ0n) is 14.5. The van der Waals surface area contributed by atoms with Crippen molar-refractivity contribution in [1.82, 2.24) is 5.32 Å². The molecule has 138 valence electrons. The van der Waals surface area contributed by atoms with Crippen LogP contribution in [0.25, 0.3) is 0 Å². The van der Waals surface area contributed by atoms with Crippen molar-refractivity contribution in [2.45, 2.75) is 0 Å². The molecule has 0 saturated carbocycles. The first kappa shape index (κ1) is 18.5. The quantitative estimate of drug-likeness (QED) is 0.746. The van der Waals surface area contributed by atoms with Crippen molar-refractivity contribution < 1.29 is 14.1 Å². The number of nitrogens with zero attached hydrogens (tertiary/aromatic N) is 1. The molecule has 1 fully saturated rings. The molecule has 0 aliphatic carbocycles. The van der Waals surface area contributed by atoms with Gasteiger partial charge >= 0.3 is 6.03 Å². The third-order valence-corrected chi connectivity index (χ3v) is 4.74. The van der Waals surface area contributed by atoms with E-state index in [1.165, 1.54) is 17.0 Å². The molecule has 7 heteroatoms. The molecule has 2 aromatic rings. The van der Waals surface area contributed by atoms with Gasteiger partial charge in [0.25, 0.3) is 0 Å². The number of hydrogen-bond donors (Lipinski definition) is 3. The fourth-order valence-electron chi connectivity index (χ4n) is 3.08. The summed E-state index contributed by atoms with van der Waals surface area (Å²) in [5.41, 5.74) is 1.74. The number of hydrogen-bond acceptors (Lipinski definition) is 2. The highest BCUT2D eigenvalue weighted by Crippen LogP contribution is 2.15. The number of rotatable bonds is 5. The molecule has 0 radical (unpaired) electrons. The minimum atomic E-state index is -0.225. The molecule has 3 N–H and O–H groups in total. The van der Waals surface area contributed by atoms with Crippen molar-refractivity contribution in [3.63, 3.8) is 0 Å². The van der Waals surface area contributed by atoms with Crippen LogP contribution in [0.15, 0.2) is 48.5 Å². The maximum atomic E-state index is 13.0. The fraction of sp³-hybridized carbons (Fsp3) is 0.316. The number of carbonyl (C=O) groups is 1. The molecule has 1 heterocycles. The predicted octanol–water partition coefficient (Wildman–Crippen LogP) is 2.01. The van der Waals surface area contributed by atoms with Crippen LogP contribution >= 0.6 is 11.6 Å². The SMILES string of the molecule is O=C(NCC[NH+]1CCN(c2ccc(F)cc2)CC1)Nc1cccc(Cl)c1. The van der Waals surface area contributed by atoms with E-state index in [1.54, 1.807) is 24.3 Å².